The average Bonchev–Trinajstić information content (AvgIpc) is 2.72. The number of fused-ring (bicyclic) bond motifs is 1. The molecule has 2 rings (SSSR count). The van der Waals surface area contributed by atoms with Gasteiger partial charge >= 0.3 is 11.9 Å². The Morgan fingerprint density at radius 2 is 2.00 bits per heavy atom. The first kappa shape index (κ1) is 9.45. The Labute approximate surface area is 80.9 Å². The molecule has 0 aromatic carbocycles. The number of hydrogen-bond acceptors (Lipinski definition) is 3. The summed E-state index contributed by atoms with van der Waals surface area (Å²) in [6.45, 7) is 1.87. The van der Waals surface area contributed by atoms with Crippen molar-refractivity contribution in [1.82, 2.24) is 0 Å². The van der Waals surface area contributed by atoms with Crippen LogP contribution in [0.3, 0.4) is 0 Å². The molecule has 0 aromatic rings. The molecule has 14 heavy (non-hydrogen) atoms. The van der Waals surface area contributed by atoms with Crippen molar-refractivity contribution in [2.75, 3.05) is 0 Å². The van der Waals surface area contributed by atoms with Crippen LogP contribution in [0, 0.1) is 23.7 Å². The lowest BCUT2D eigenvalue weighted by molar-refractivity contribution is -0.145. The Bertz CT molecular complexity index is 316. The summed E-state index contributed by atoms with van der Waals surface area (Å²) < 4.78 is 0. The van der Waals surface area contributed by atoms with Crippen LogP contribution in [0.1, 0.15) is 13.3 Å². The van der Waals surface area contributed by atoms with Gasteiger partial charge in [-0.2, -0.15) is 0 Å². The van der Waals surface area contributed by atoms with Crippen molar-refractivity contribution in [3.8, 4) is 0 Å². The van der Waals surface area contributed by atoms with Crippen LogP contribution in [0.5, 0.6) is 0 Å². The fourth-order valence-corrected chi connectivity index (χ4v) is 3.06. The molecule has 2 aliphatic carbocycles. The van der Waals surface area contributed by atoms with E-state index in [1.54, 1.807) is 0 Å². The van der Waals surface area contributed by atoms with Crippen LogP contribution < -0.4 is 5.73 Å². The van der Waals surface area contributed by atoms with Gasteiger partial charge in [-0.25, -0.2) is 0 Å². The average molecular weight is 199 g/mol. The number of carboxylic acids is 2. The molecule has 5 atom stereocenters. The summed E-state index contributed by atoms with van der Waals surface area (Å²) in [5, 5.41) is 17.8. The topological polar surface area (TPSA) is 101 Å². The summed E-state index contributed by atoms with van der Waals surface area (Å²) in [6.07, 6.45) is 0.390. The molecule has 0 spiro atoms. The molecular weight excluding hydrogens is 186 g/mol. The number of aliphatic carboxylic acids is 2. The lowest BCUT2D eigenvalue weighted by atomic mass is 9.88. The normalized spacial score (nSPS) is 49.9. The fraction of sp³-hybridized carbons (Fsp3) is 0.778. The summed E-state index contributed by atoms with van der Waals surface area (Å²) in [5.41, 5.74) is 4.43. The van der Waals surface area contributed by atoms with E-state index in [1.807, 2.05) is 6.92 Å². The molecule has 0 aliphatic heterocycles. The van der Waals surface area contributed by atoms with Gasteiger partial charge in [-0.3, -0.25) is 9.59 Å². The van der Waals surface area contributed by atoms with Gasteiger partial charge in [0, 0.05) is 5.92 Å². The molecule has 4 unspecified atom stereocenters. The van der Waals surface area contributed by atoms with Crippen LogP contribution in [-0.4, -0.2) is 27.7 Å². The third-order valence-electron chi connectivity index (χ3n) is 3.67. The highest BCUT2D eigenvalue weighted by molar-refractivity contribution is 5.85. The van der Waals surface area contributed by atoms with Gasteiger partial charge in [-0.05, 0) is 18.3 Å². The summed E-state index contributed by atoms with van der Waals surface area (Å²) in [4.78, 5) is 21.7. The Kier molecular flexibility index (Phi) is 1.67. The van der Waals surface area contributed by atoms with Gasteiger partial charge in [-0.1, -0.05) is 6.92 Å². The van der Waals surface area contributed by atoms with Crippen molar-refractivity contribution >= 4 is 11.9 Å². The van der Waals surface area contributed by atoms with E-state index in [9.17, 15) is 9.59 Å². The van der Waals surface area contributed by atoms with E-state index >= 15 is 0 Å². The van der Waals surface area contributed by atoms with Gasteiger partial charge < -0.3 is 15.9 Å². The lowest BCUT2D eigenvalue weighted by Gasteiger charge is -2.22. The van der Waals surface area contributed by atoms with Crippen LogP contribution in [-0.2, 0) is 9.59 Å². The van der Waals surface area contributed by atoms with E-state index in [1.165, 1.54) is 0 Å². The van der Waals surface area contributed by atoms with Crippen LogP contribution >= 0.6 is 0 Å². The third-order valence-corrected chi connectivity index (χ3v) is 3.67. The third kappa shape index (κ3) is 0.930. The lowest BCUT2D eigenvalue weighted by Crippen LogP contribution is -2.50. The second kappa shape index (κ2) is 2.48. The summed E-state index contributed by atoms with van der Waals surface area (Å²) >= 11 is 0. The number of carboxylic acid groups (broad SMARTS) is 2. The predicted molar refractivity (Wildman–Crippen MR) is 46.4 cm³/mol. The van der Waals surface area contributed by atoms with Gasteiger partial charge in [-0.15, -0.1) is 0 Å². The predicted octanol–water partition coefficient (Wildman–Crippen LogP) is -0.245. The van der Waals surface area contributed by atoms with Crippen molar-refractivity contribution in [3.63, 3.8) is 0 Å². The molecule has 2 saturated carbocycles. The van der Waals surface area contributed by atoms with E-state index in [0.717, 1.165) is 0 Å². The number of carbonyl (C=O) groups is 2. The quantitative estimate of drug-likeness (QED) is 0.569. The van der Waals surface area contributed by atoms with Crippen molar-refractivity contribution in [2.24, 2.45) is 29.4 Å². The first-order valence-electron chi connectivity index (χ1n) is 4.64. The van der Waals surface area contributed by atoms with Gasteiger partial charge in [0.1, 0.15) is 5.54 Å². The molecule has 0 bridgehead atoms. The highest BCUT2D eigenvalue weighted by atomic mass is 16.4. The van der Waals surface area contributed by atoms with Gasteiger partial charge in [0.25, 0.3) is 0 Å². The maximum absolute atomic E-state index is 11.0. The molecule has 2 aliphatic rings. The minimum Gasteiger partial charge on any atom is -0.481 e. The molecule has 0 amide bonds. The Morgan fingerprint density at radius 3 is 2.36 bits per heavy atom. The highest BCUT2D eigenvalue weighted by Gasteiger charge is 2.72. The van der Waals surface area contributed by atoms with Crippen molar-refractivity contribution in [1.29, 1.82) is 0 Å². The Morgan fingerprint density at radius 1 is 1.43 bits per heavy atom. The Balaban J connectivity index is 2.26. The summed E-state index contributed by atoms with van der Waals surface area (Å²) in [5.74, 6) is -2.83. The molecule has 0 saturated heterocycles. The van der Waals surface area contributed by atoms with Crippen LogP contribution in [0.15, 0.2) is 0 Å². The SMILES string of the molecule is CC1C[C@@](N)(C(=O)O)C2C(C(=O)O)C12. The van der Waals surface area contributed by atoms with E-state index in [0.29, 0.717) is 6.42 Å². The largest absolute Gasteiger partial charge is 0.481 e. The number of rotatable bonds is 2. The molecule has 0 heterocycles. The summed E-state index contributed by atoms with van der Waals surface area (Å²) in [6, 6.07) is 0. The van der Waals surface area contributed by atoms with Crippen LogP contribution in [0.4, 0.5) is 0 Å². The molecule has 5 nitrogen and oxygen atoms in total. The first-order valence-corrected chi connectivity index (χ1v) is 4.64. The van der Waals surface area contributed by atoms with Gasteiger partial charge in [0.2, 0.25) is 0 Å². The van der Waals surface area contributed by atoms with Crippen LogP contribution in [0.2, 0.25) is 0 Å². The van der Waals surface area contributed by atoms with E-state index in [4.69, 9.17) is 15.9 Å². The molecule has 78 valence electrons. The molecular formula is C9H13NO4. The zero-order valence-electron chi connectivity index (χ0n) is 7.80. The second-order valence-corrected chi connectivity index (χ2v) is 4.49. The van der Waals surface area contributed by atoms with E-state index < -0.39 is 23.4 Å². The molecule has 0 aromatic heterocycles. The maximum Gasteiger partial charge on any atom is 0.324 e. The number of nitrogens with two attached hydrogens (primary N) is 1. The monoisotopic (exact) mass is 199 g/mol. The molecule has 0 radical (unpaired) electrons. The molecule has 4 N–H and O–H groups in total. The van der Waals surface area contributed by atoms with Crippen LogP contribution in [0.25, 0.3) is 0 Å². The first-order chi connectivity index (χ1) is 6.39. The number of hydrogen-bond donors (Lipinski definition) is 3. The summed E-state index contributed by atoms with van der Waals surface area (Å²) in [7, 11) is 0. The molecule has 2 fully saturated rings. The highest BCUT2D eigenvalue weighted by Crippen LogP contribution is 2.64. The zero-order chi connectivity index (χ0) is 10.7. The molecule has 5 heteroatoms. The van der Waals surface area contributed by atoms with Gasteiger partial charge in [0.05, 0.1) is 5.92 Å². The van der Waals surface area contributed by atoms with E-state index in [2.05, 4.69) is 0 Å². The zero-order valence-corrected chi connectivity index (χ0v) is 7.80. The van der Waals surface area contributed by atoms with Crippen molar-refractivity contribution < 1.29 is 19.8 Å². The minimum atomic E-state index is -1.31. The second-order valence-electron chi connectivity index (χ2n) is 4.49. The maximum atomic E-state index is 11.0. The van der Waals surface area contributed by atoms with Crippen molar-refractivity contribution in [2.45, 2.75) is 18.9 Å². The fourth-order valence-electron chi connectivity index (χ4n) is 3.06. The Hall–Kier alpha value is -1.10. The minimum absolute atomic E-state index is 0.0337. The smallest absolute Gasteiger partial charge is 0.324 e. The van der Waals surface area contributed by atoms with E-state index in [-0.39, 0.29) is 17.8 Å². The van der Waals surface area contributed by atoms with Gasteiger partial charge in [0.15, 0.2) is 0 Å². The van der Waals surface area contributed by atoms with Crippen molar-refractivity contribution in [3.05, 3.63) is 0 Å². The standard InChI is InChI=1S/C9H13NO4/c1-3-2-9(10,8(13)14)6-4(3)5(6)7(11)12/h3-6H,2,10H2,1H3,(H,11,12)(H,13,14)/t3?,4?,5?,6?,9-/m0/s1.